The van der Waals surface area contributed by atoms with Crippen molar-refractivity contribution in [2.24, 2.45) is 29.1 Å². The SMILES string of the molecule is CC1=C(C2CCCCC2)C(C)(C)C(C2CCCCC2)C(C(=O)O)=C1C1CCCCC1. The van der Waals surface area contributed by atoms with Crippen molar-refractivity contribution in [1.82, 2.24) is 0 Å². The summed E-state index contributed by atoms with van der Waals surface area (Å²) in [6, 6.07) is 0. The fourth-order valence-corrected chi connectivity index (χ4v) is 8.21. The minimum absolute atomic E-state index is 0.0278. The first kappa shape index (κ1) is 22.2. The Morgan fingerprint density at radius 3 is 1.73 bits per heavy atom. The van der Waals surface area contributed by atoms with Gasteiger partial charge in [0.2, 0.25) is 0 Å². The molecular weight excluding hydrogens is 368 g/mol. The van der Waals surface area contributed by atoms with E-state index >= 15 is 0 Å². The third kappa shape index (κ3) is 4.05. The van der Waals surface area contributed by atoms with Crippen molar-refractivity contribution in [3.63, 3.8) is 0 Å². The van der Waals surface area contributed by atoms with Crippen molar-refractivity contribution < 1.29 is 9.90 Å². The molecule has 0 bridgehead atoms. The molecule has 3 saturated carbocycles. The third-order valence-corrected chi connectivity index (χ3v) is 9.26. The highest BCUT2D eigenvalue weighted by Gasteiger charge is 2.50. The lowest BCUT2D eigenvalue weighted by molar-refractivity contribution is -0.134. The van der Waals surface area contributed by atoms with Crippen molar-refractivity contribution in [2.45, 2.75) is 117 Å². The first-order chi connectivity index (χ1) is 14.4. The second kappa shape index (κ2) is 9.21. The molecular formula is C28H44O2. The van der Waals surface area contributed by atoms with E-state index in [1.165, 1.54) is 107 Å². The van der Waals surface area contributed by atoms with Gasteiger partial charge in [-0.2, -0.15) is 0 Å². The van der Waals surface area contributed by atoms with Gasteiger partial charge in [-0.1, -0.05) is 77.2 Å². The maximum atomic E-state index is 12.9. The summed E-state index contributed by atoms with van der Waals surface area (Å²) in [5.41, 5.74) is 5.19. The largest absolute Gasteiger partial charge is 0.478 e. The Bertz CT molecular complexity index is 692. The van der Waals surface area contributed by atoms with Gasteiger partial charge >= 0.3 is 5.97 Å². The molecule has 168 valence electrons. The lowest BCUT2D eigenvalue weighted by atomic mass is 9.53. The highest BCUT2D eigenvalue weighted by atomic mass is 16.4. The molecule has 1 atom stereocenters. The normalized spacial score (nSPS) is 30.0. The van der Waals surface area contributed by atoms with Crippen LogP contribution in [0, 0.1) is 29.1 Å². The third-order valence-electron chi connectivity index (χ3n) is 9.26. The molecule has 4 aliphatic carbocycles. The van der Waals surface area contributed by atoms with Crippen LogP contribution in [0.2, 0.25) is 0 Å². The van der Waals surface area contributed by atoms with E-state index in [2.05, 4.69) is 20.8 Å². The van der Waals surface area contributed by atoms with Crippen LogP contribution in [-0.2, 0) is 4.79 Å². The van der Waals surface area contributed by atoms with E-state index in [0.717, 1.165) is 5.57 Å². The van der Waals surface area contributed by atoms with Gasteiger partial charge in [-0.05, 0) is 79.8 Å². The average Bonchev–Trinajstić information content (AvgIpc) is 2.75. The van der Waals surface area contributed by atoms with E-state index in [-0.39, 0.29) is 11.3 Å². The van der Waals surface area contributed by atoms with Crippen molar-refractivity contribution >= 4 is 5.97 Å². The van der Waals surface area contributed by atoms with E-state index in [9.17, 15) is 9.90 Å². The summed E-state index contributed by atoms with van der Waals surface area (Å²) >= 11 is 0. The summed E-state index contributed by atoms with van der Waals surface area (Å²) in [6.45, 7) is 7.15. The molecule has 0 heterocycles. The van der Waals surface area contributed by atoms with Gasteiger partial charge in [0, 0.05) is 11.5 Å². The Hall–Kier alpha value is -1.05. The summed E-state index contributed by atoms with van der Waals surface area (Å²) in [7, 11) is 0. The maximum Gasteiger partial charge on any atom is 0.332 e. The second-order valence-electron chi connectivity index (χ2n) is 11.4. The Labute approximate surface area is 184 Å². The van der Waals surface area contributed by atoms with Crippen LogP contribution in [0.3, 0.4) is 0 Å². The number of rotatable bonds is 4. The van der Waals surface area contributed by atoms with Crippen molar-refractivity contribution in [1.29, 1.82) is 0 Å². The molecule has 0 amide bonds. The number of hydrogen-bond donors (Lipinski definition) is 1. The zero-order chi connectivity index (χ0) is 21.3. The van der Waals surface area contributed by atoms with E-state index in [4.69, 9.17) is 0 Å². The molecule has 30 heavy (non-hydrogen) atoms. The number of hydrogen-bond acceptors (Lipinski definition) is 1. The van der Waals surface area contributed by atoms with E-state index in [1.54, 1.807) is 5.57 Å². The van der Waals surface area contributed by atoms with Crippen molar-refractivity contribution in [3.05, 3.63) is 22.3 Å². The molecule has 0 aromatic carbocycles. The van der Waals surface area contributed by atoms with Crippen molar-refractivity contribution in [3.8, 4) is 0 Å². The summed E-state index contributed by atoms with van der Waals surface area (Å²) in [4.78, 5) is 12.9. The van der Waals surface area contributed by atoms with Gasteiger partial charge in [0.1, 0.15) is 0 Å². The zero-order valence-corrected chi connectivity index (χ0v) is 19.8. The average molecular weight is 413 g/mol. The highest BCUT2D eigenvalue weighted by molar-refractivity contribution is 5.90. The molecule has 3 fully saturated rings. The monoisotopic (exact) mass is 412 g/mol. The quantitative estimate of drug-likeness (QED) is 0.506. The second-order valence-corrected chi connectivity index (χ2v) is 11.4. The van der Waals surface area contributed by atoms with Crippen molar-refractivity contribution in [2.75, 3.05) is 0 Å². The number of aliphatic carboxylic acids is 1. The Balaban J connectivity index is 1.87. The minimum Gasteiger partial charge on any atom is -0.478 e. The van der Waals surface area contributed by atoms with Crippen LogP contribution in [0.1, 0.15) is 117 Å². The van der Waals surface area contributed by atoms with Gasteiger partial charge in [-0.3, -0.25) is 0 Å². The molecule has 0 aromatic rings. The van der Waals surface area contributed by atoms with Crippen LogP contribution < -0.4 is 0 Å². The van der Waals surface area contributed by atoms with E-state index in [1.807, 2.05) is 0 Å². The number of carboxylic acids is 1. The topological polar surface area (TPSA) is 37.3 Å². The minimum atomic E-state index is -0.610. The summed E-state index contributed by atoms with van der Waals surface area (Å²) in [5.74, 6) is 1.29. The van der Waals surface area contributed by atoms with Gasteiger partial charge in [0.15, 0.2) is 0 Å². The number of carboxylic acid groups (broad SMARTS) is 1. The van der Waals surface area contributed by atoms with Gasteiger partial charge < -0.3 is 5.11 Å². The van der Waals surface area contributed by atoms with Gasteiger partial charge in [0.05, 0.1) is 0 Å². The summed E-state index contributed by atoms with van der Waals surface area (Å²) < 4.78 is 0. The van der Waals surface area contributed by atoms with Crippen LogP contribution in [-0.4, -0.2) is 11.1 Å². The van der Waals surface area contributed by atoms with Gasteiger partial charge in [0.25, 0.3) is 0 Å². The molecule has 2 heteroatoms. The Morgan fingerprint density at radius 2 is 1.23 bits per heavy atom. The first-order valence-corrected chi connectivity index (χ1v) is 13.1. The smallest absolute Gasteiger partial charge is 0.332 e. The molecule has 0 aromatic heterocycles. The number of carbonyl (C=O) groups is 1. The molecule has 4 rings (SSSR count). The van der Waals surface area contributed by atoms with Crippen LogP contribution in [0.4, 0.5) is 0 Å². The number of allylic oxidation sites excluding steroid dienone is 3. The predicted molar refractivity (Wildman–Crippen MR) is 124 cm³/mol. The zero-order valence-electron chi connectivity index (χ0n) is 19.8. The predicted octanol–water partition coefficient (Wildman–Crippen LogP) is 8.08. The molecule has 1 unspecified atom stereocenters. The molecule has 0 saturated heterocycles. The summed E-state index contributed by atoms with van der Waals surface area (Å²) in [6.07, 6.45) is 19.3. The van der Waals surface area contributed by atoms with Gasteiger partial charge in [-0.25, -0.2) is 4.79 Å². The fourth-order valence-electron chi connectivity index (χ4n) is 8.21. The molecule has 0 radical (unpaired) electrons. The Kier molecular flexibility index (Phi) is 6.80. The molecule has 4 aliphatic rings. The molecule has 0 aliphatic heterocycles. The van der Waals surface area contributed by atoms with Crippen LogP contribution >= 0.6 is 0 Å². The Morgan fingerprint density at radius 1 is 0.767 bits per heavy atom. The lowest BCUT2D eigenvalue weighted by Gasteiger charge is -2.51. The summed E-state index contributed by atoms with van der Waals surface area (Å²) in [5, 5.41) is 10.6. The van der Waals surface area contributed by atoms with Gasteiger partial charge in [-0.15, -0.1) is 0 Å². The van der Waals surface area contributed by atoms with E-state index in [0.29, 0.717) is 17.8 Å². The van der Waals surface area contributed by atoms with Crippen LogP contribution in [0.25, 0.3) is 0 Å². The van der Waals surface area contributed by atoms with Crippen LogP contribution in [0.5, 0.6) is 0 Å². The lowest BCUT2D eigenvalue weighted by Crippen LogP contribution is -2.43. The van der Waals surface area contributed by atoms with Crippen LogP contribution in [0.15, 0.2) is 22.3 Å². The molecule has 2 nitrogen and oxygen atoms in total. The highest BCUT2D eigenvalue weighted by Crippen LogP contribution is 2.58. The standard InChI is InChI=1S/C28H44O2/c1-19-23(20-13-7-4-8-14-20)24(27(29)30)26(22-17-11-6-12-18-22)28(2,3)25(19)21-15-9-5-10-16-21/h20-22,26H,4-18H2,1-3H3,(H,29,30). The molecule has 1 N–H and O–H groups in total. The molecule has 0 spiro atoms. The van der Waals surface area contributed by atoms with E-state index < -0.39 is 5.97 Å². The first-order valence-electron chi connectivity index (χ1n) is 13.1. The maximum absolute atomic E-state index is 12.9. The fraction of sp³-hybridized carbons (Fsp3) is 0.821.